The Balaban J connectivity index is 1.95. The van der Waals surface area contributed by atoms with Crippen LogP contribution in [-0.4, -0.2) is 16.1 Å². The van der Waals surface area contributed by atoms with Crippen LogP contribution in [0.5, 0.6) is 0 Å². The molecule has 0 unspecified atom stereocenters. The lowest BCUT2D eigenvalue weighted by atomic mass is 10.1. The summed E-state index contributed by atoms with van der Waals surface area (Å²) in [6.45, 7) is 2.07. The normalized spacial score (nSPS) is 10.0. The highest BCUT2D eigenvalue weighted by Gasteiger charge is 2.05. The number of rotatable bonds is 4. The zero-order valence-corrected chi connectivity index (χ0v) is 11.1. The van der Waals surface area contributed by atoms with E-state index in [4.69, 9.17) is 11.6 Å². The number of carbonyl (C=O) groups excluding carboxylic acids is 1. The van der Waals surface area contributed by atoms with Crippen LogP contribution in [-0.2, 0) is 6.42 Å². The Kier molecular flexibility index (Phi) is 4.30. The quantitative estimate of drug-likeness (QED) is 0.842. The van der Waals surface area contributed by atoms with Gasteiger partial charge < -0.3 is 0 Å². The smallest absolute Gasteiger partial charge is 0.269 e. The van der Waals surface area contributed by atoms with E-state index in [1.54, 1.807) is 24.3 Å². The number of aryl methyl sites for hydroxylation is 1. The summed E-state index contributed by atoms with van der Waals surface area (Å²) >= 11 is 5.61. The van der Waals surface area contributed by atoms with E-state index in [1.807, 2.05) is 12.1 Å². The molecular weight excluding hydrogens is 264 g/mol. The molecule has 0 saturated carbocycles. The highest BCUT2D eigenvalue weighted by molar-refractivity contribution is 6.29. The minimum Gasteiger partial charge on any atom is -0.280 e. The van der Waals surface area contributed by atoms with E-state index in [-0.39, 0.29) is 5.91 Å². The van der Waals surface area contributed by atoms with Gasteiger partial charge in [0.15, 0.2) is 11.0 Å². The van der Waals surface area contributed by atoms with Crippen molar-refractivity contribution in [3.8, 4) is 0 Å². The molecular formula is C13H13ClN4O. The summed E-state index contributed by atoms with van der Waals surface area (Å²) in [6, 6.07) is 10.6. The minimum atomic E-state index is -0.237. The fourth-order valence-corrected chi connectivity index (χ4v) is 1.57. The molecule has 1 aromatic heterocycles. The fraction of sp³-hybridized carbons (Fsp3) is 0.154. The third kappa shape index (κ3) is 3.66. The standard InChI is InChI=1S/C13H13ClN4O/c1-2-9-3-5-10(6-4-9)13(19)18-17-12-8-7-11(14)15-16-12/h3-8H,2H2,1H3,(H,16,17)(H,18,19). The Morgan fingerprint density at radius 3 is 2.47 bits per heavy atom. The van der Waals surface area contributed by atoms with Crippen LogP contribution in [0, 0.1) is 0 Å². The van der Waals surface area contributed by atoms with Gasteiger partial charge >= 0.3 is 0 Å². The summed E-state index contributed by atoms with van der Waals surface area (Å²) in [6.07, 6.45) is 0.945. The van der Waals surface area contributed by atoms with Gasteiger partial charge in [-0.1, -0.05) is 30.7 Å². The van der Waals surface area contributed by atoms with E-state index in [2.05, 4.69) is 28.0 Å². The number of hydrogen-bond acceptors (Lipinski definition) is 4. The van der Waals surface area contributed by atoms with E-state index >= 15 is 0 Å². The molecule has 6 heteroatoms. The number of anilines is 1. The van der Waals surface area contributed by atoms with Gasteiger partial charge in [0, 0.05) is 5.56 Å². The van der Waals surface area contributed by atoms with Crippen LogP contribution >= 0.6 is 11.6 Å². The molecule has 0 atom stereocenters. The molecule has 19 heavy (non-hydrogen) atoms. The molecule has 2 rings (SSSR count). The predicted octanol–water partition coefficient (Wildman–Crippen LogP) is 2.45. The number of hydrogen-bond donors (Lipinski definition) is 2. The van der Waals surface area contributed by atoms with Crippen molar-refractivity contribution in [2.24, 2.45) is 0 Å². The first kappa shape index (κ1) is 13.3. The van der Waals surface area contributed by atoms with Gasteiger partial charge in [0.2, 0.25) is 0 Å². The fourth-order valence-electron chi connectivity index (χ4n) is 1.47. The van der Waals surface area contributed by atoms with Crippen LogP contribution < -0.4 is 10.9 Å². The Morgan fingerprint density at radius 1 is 1.16 bits per heavy atom. The second-order valence-electron chi connectivity index (χ2n) is 3.87. The lowest BCUT2D eigenvalue weighted by Crippen LogP contribution is -2.29. The van der Waals surface area contributed by atoms with Gasteiger partial charge in [-0.3, -0.25) is 15.6 Å². The van der Waals surface area contributed by atoms with E-state index < -0.39 is 0 Å². The summed E-state index contributed by atoms with van der Waals surface area (Å²) in [5.41, 5.74) is 6.97. The molecule has 0 aliphatic carbocycles. The third-order valence-electron chi connectivity index (χ3n) is 2.56. The molecule has 0 radical (unpaired) electrons. The van der Waals surface area contributed by atoms with Gasteiger partial charge in [0.25, 0.3) is 5.91 Å². The van der Waals surface area contributed by atoms with E-state index in [1.165, 1.54) is 5.56 Å². The number of amides is 1. The number of nitrogens with one attached hydrogen (secondary N) is 2. The molecule has 0 saturated heterocycles. The number of aromatic nitrogens is 2. The Labute approximate surface area is 116 Å². The summed E-state index contributed by atoms with van der Waals surface area (Å²) in [5, 5.41) is 7.72. The first-order chi connectivity index (χ1) is 9.19. The molecule has 0 aliphatic rings. The number of halogens is 1. The van der Waals surface area contributed by atoms with Crippen molar-refractivity contribution >= 4 is 23.3 Å². The third-order valence-corrected chi connectivity index (χ3v) is 2.76. The van der Waals surface area contributed by atoms with Crippen molar-refractivity contribution in [2.45, 2.75) is 13.3 Å². The summed E-state index contributed by atoms with van der Waals surface area (Å²) in [4.78, 5) is 11.8. The van der Waals surface area contributed by atoms with Crippen molar-refractivity contribution in [1.29, 1.82) is 0 Å². The molecule has 2 N–H and O–H groups in total. The number of nitrogens with zero attached hydrogens (tertiary/aromatic N) is 2. The zero-order chi connectivity index (χ0) is 13.7. The maximum Gasteiger partial charge on any atom is 0.269 e. The second-order valence-corrected chi connectivity index (χ2v) is 4.26. The van der Waals surface area contributed by atoms with Crippen molar-refractivity contribution in [1.82, 2.24) is 15.6 Å². The van der Waals surface area contributed by atoms with Crippen molar-refractivity contribution < 1.29 is 4.79 Å². The minimum absolute atomic E-state index is 0.237. The second kappa shape index (κ2) is 6.15. The molecule has 2 aromatic rings. The molecule has 5 nitrogen and oxygen atoms in total. The van der Waals surface area contributed by atoms with Crippen molar-refractivity contribution in [3.63, 3.8) is 0 Å². The first-order valence-electron chi connectivity index (χ1n) is 5.83. The average Bonchev–Trinajstić information content (AvgIpc) is 2.46. The monoisotopic (exact) mass is 276 g/mol. The Hall–Kier alpha value is -2.14. The Morgan fingerprint density at radius 2 is 1.89 bits per heavy atom. The van der Waals surface area contributed by atoms with Crippen LogP contribution in [0.2, 0.25) is 5.15 Å². The summed E-state index contributed by atoms with van der Waals surface area (Å²) in [5.74, 6) is 0.183. The van der Waals surface area contributed by atoms with Crippen LogP contribution in [0.25, 0.3) is 0 Å². The molecule has 1 aromatic carbocycles. The molecule has 0 bridgehead atoms. The molecule has 0 fully saturated rings. The van der Waals surface area contributed by atoms with Crippen LogP contribution in [0.15, 0.2) is 36.4 Å². The maximum absolute atomic E-state index is 11.8. The van der Waals surface area contributed by atoms with Gasteiger partial charge in [-0.25, -0.2) is 0 Å². The molecule has 0 aliphatic heterocycles. The molecule has 1 heterocycles. The number of carbonyl (C=O) groups is 1. The lowest BCUT2D eigenvalue weighted by Gasteiger charge is -2.07. The zero-order valence-electron chi connectivity index (χ0n) is 10.4. The summed E-state index contributed by atoms with van der Waals surface area (Å²) in [7, 11) is 0. The molecule has 1 amide bonds. The predicted molar refractivity (Wildman–Crippen MR) is 74.0 cm³/mol. The van der Waals surface area contributed by atoms with Crippen LogP contribution in [0.1, 0.15) is 22.8 Å². The van der Waals surface area contributed by atoms with Crippen LogP contribution in [0.4, 0.5) is 5.82 Å². The average molecular weight is 277 g/mol. The van der Waals surface area contributed by atoms with Gasteiger partial charge in [-0.15, -0.1) is 10.2 Å². The number of benzene rings is 1. The van der Waals surface area contributed by atoms with Gasteiger partial charge in [-0.2, -0.15) is 0 Å². The van der Waals surface area contributed by atoms with Crippen molar-refractivity contribution in [2.75, 3.05) is 5.43 Å². The highest BCUT2D eigenvalue weighted by atomic mass is 35.5. The summed E-state index contributed by atoms with van der Waals surface area (Å²) < 4.78 is 0. The Bertz CT molecular complexity index is 554. The van der Waals surface area contributed by atoms with E-state index in [0.717, 1.165) is 6.42 Å². The van der Waals surface area contributed by atoms with Gasteiger partial charge in [0.05, 0.1) is 0 Å². The van der Waals surface area contributed by atoms with Gasteiger partial charge in [-0.05, 0) is 36.2 Å². The maximum atomic E-state index is 11.8. The van der Waals surface area contributed by atoms with Gasteiger partial charge in [0.1, 0.15) is 0 Å². The van der Waals surface area contributed by atoms with Crippen LogP contribution in [0.3, 0.4) is 0 Å². The largest absolute Gasteiger partial charge is 0.280 e. The lowest BCUT2D eigenvalue weighted by molar-refractivity contribution is 0.0962. The number of hydrazine groups is 1. The first-order valence-corrected chi connectivity index (χ1v) is 6.21. The van der Waals surface area contributed by atoms with E-state index in [0.29, 0.717) is 16.5 Å². The van der Waals surface area contributed by atoms with E-state index in [9.17, 15) is 4.79 Å². The van der Waals surface area contributed by atoms with Crippen molar-refractivity contribution in [3.05, 3.63) is 52.7 Å². The highest BCUT2D eigenvalue weighted by Crippen LogP contribution is 2.06. The SMILES string of the molecule is CCc1ccc(C(=O)NNc2ccc(Cl)nn2)cc1. The topological polar surface area (TPSA) is 66.9 Å². The molecule has 0 spiro atoms. The molecule has 98 valence electrons.